The molecular weight excluding hydrogens is 720 g/mol. The van der Waals surface area contributed by atoms with Crippen LogP contribution in [0.1, 0.15) is 96.4 Å². The Kier molecular flexibility index (Phi) is 14.5. The summed E-state index contributed by atoms with van der Waals surface area (Å²) in [5.74, 6) is -1.75. The van der Waals surface area contributed by atoms with Crippen LogP contribution < -0.4 is 5.32 Å². The van der Waals surface area contributed by atoms with E-state index in [1.165, 1.54) is 11.8 Å². The number of aromatic nitrogens is 3. The summed E-state index contributed by atoms with van der Waals surface area (Å²) in [6.07, 6.45) is 8.32. The molecule has 4 amide bonds. The van der Waals surface area contributed by atoms with Crippen molar-refractivity contribution in [1.29, 1.82) is 0 Å². The molecule has 0 radical (unpaired) electrons. The monoisotopic (exact) mass is 776 g/mol. The number of allylic oxidation sites excluding steroid dienone is 2. The Labute approximate surface area is 328 Å². The lowest BCUT2D eigenvalue weighted by atomic mass is 9.83. The average molecular weight is 777 g/mol. The maximum atomic E-state index is 13.7. The number of benzene rings is 1. The van der Waals surface area contributed by atoms with Gasteiger partial charge in [0.05, 0.1) is 49.2 Å². The molecule has 15 heteroatoms. The zero-order valence-electron chi connectivity index (χ0n) is 32.9. The summed E-state index contributed by atoms with van der Waals surface area (Å²) in [6, 6.07) is 9.30. The van der Waals surface area contributed by atoms with Crippen LogP contribution in [0.3, 0.4) is 0 Å². The number of rotatable bonds is 22. The molecule has 2 bridgehead atoms. The normalized spacial score (nSPS) is 20.8. The number of esters is 2. The van der Waals surface area contributed by atoms with Crippen molar-refractivity contribution in [1.82, 2.24) is 30.1 Å². The van der Waals surface area contributed by atoms with Gasteiger partial charge in [0.25, 0.3) is 0 Å². The second-order valence-corrected chi connectivity index (χ2v) is 15.7. The van der Waals surface area contributed by atoms with Gasteiger partial charge in [-0.1, -0.05) is 54.1 Å². The van der Waals surface area contributed by atoms with Gasteiger partial charge in [0.2, 0.25) is 23.6 Å². The molecule has 1 saturated carbocycles. The predicted molar refractivity (Wildman–Crippen MR) is 203 cm³/mol. The van der Waals surface area contributed by atoms with Crippen molar-refractivity contribution in [2.24, 2.45) is 29.1 Å². The van der Waals surface area contributed by atoms with Gasteiger partial charge in [-0.2, -0.15) is 0 Å². The quantitative estimate of drug-likeness (QED) is 0.0772. The number of hydrogen-bond donors (Lipinski definition) is 2. The molecule has 304 valence electrons. The van der Waals surface area contributed by atoms with Gasteiger partial charge in [-0.15, -0.1) is 5.10 Å². The number of aliphatic hydroxyl groups is 1. The lowest BCUT2D eigenvalue weighted by Crippen LogP contribution is -2.35. The van der Waals surface area contributed by atoms with Crippen LogP contribution in [0.5, 0.6) is 0 Å². The molecule has 56 heavy (non-hydrogen) atoms. The highest BCUT2D eigenvalue weighted by atomic mass is 16.5. The predicted octanol–water partition coefficient (Wildman–Crippen LogP) is 3.36. The molecule has 2 unspecified atom stereocenters. The Morgan fingerprint density at radius 2 is 1.68 bits per heavy atom. The molecular formula is C41H56N6O9. The zero-order valence-corrected chi connectivity index (χ0v) is 32.9. The van der Waals surface area contributed by atoms with Crippen molar-refractivity contribution >= 4 is 35.6 Å². The fourth-order valence-corrected chi connectivity index (χ4v) is 7.94. The van der Waals surface area contributed by atoms with Crippen molar-refractivity contribution < 1.29 is 43.3 Å². The summed E-state index contributed by atoms with van der Waals surface area (Å²) in [6.45, 7) is 7.87. The number of aliphatic hydroxyl groups excluding tert-OH is 1. The molecule has 1 aliphatic heterocycles. The van der Waals surface area contributed by atoms with Crippen LogP contribution in [-0.2, 0) is 44.8 Å². The maximum absolute atomic E-state index is 13.7. The Balaban J connectivity index is 1.19. The minimum Gasteiger partial charge on any atom is -0.466 e. The van der Waals surface area contributed by atoms with Crippen LogP contribution in [0, 0.1) is 29.1 Å². The highest BCUT2D eigenvalue weighted by Crippen LogP contribution is 2.52. The number of nitrogens with zero attached hydrogens (tertiary/aromatic N) is 5. The number of carbonyl (C=O) groups is 6. The van der Waals surface area contributed by atoms with Crippen molar-refractivity contribution in [2.75, 3.05) is 32.8 Å². The van der Waals surface area contributed by atoms with Crippen molar-refractivity contribution in [3.8, 4) is 0 Å². The highest BCUT2D eigenvalue weighted by molar-refractivity contribution is 6.06. The van der Waals surface area contributed by atoms with Gasteiger partial charge in [0, 0.05) is 32.5 Å². The van der Waals surface area contributed by atoms with Gasteiger partial charge in [-0.05, 0) is 77.2 Å². The maximum Gasteiger partial charge on any atom is 0.334 e. The van der Waals surface area contributed by atoms with Crippen LogP contribution in [-0.4, -0.2) is 104 Å². The van der Waals surface area contributed by atoms with Crippen LogP contribution in [0.25, 0.3) is 0 Å². The molecule has 2 aliphatic carbocycles. The molecule has 15 nitrogen and oxygen atoms in total. The van der Waals surface area contributed by atoms with Gasteiger partial charge in [0.15, 0.2) is 0 Å². The Hall–Kier alpha value is -4.92. The number of nitrogens with one attached hydrogen (secondary N) is 1. The minimum atomic E-state index is -1.22. The number of ether oxygens (including phenoxy) is 2. The molecule has 2 N–H and O–H groups in total. The first-order valence-electron chi connectivity index (χ1n) is 19.9. The minimum absolute atomic E-state index is 0.0199. The third-order valence-corrected chi connectivity index (χ3v) is 11.0. The van der Waals surface area contributed by atoms with E-state index in [0.717, 1.165) is 12.0 Å². The van der Waals surface area contributed by atoms with Gasteiger partial charge in [0.1, 0.15) is 11.8 Å². The standard InChI is InChI=1S/C41H56N6O9/c1-5-55-40(54)41(3,4)24-32(28-13-8-6-9-14-28)47-26-31(43-44-47)25-45(21-18-33(49)42-19-12-22-56-39(53)27(2)48)34(50)15-10-7-11-20-46-37(51)35-29-16-17-30(23-29)36(35)38(46)52/h6,8-9,13-14,16-17,26-27,29-30,32,35-36,48H,5,7,10-12,15,18-25H2,1-4H3,(H,42,49)/t27?,29-,30+,32?,35+,36-. The van der Waals surface area contributed by atoms with Crippen LogP contribution in [0.2, 0.25) is 0 Å². The fourth-order valence-electron chi connectivity index (χ4n) is 7.94. The third-order valence-electron chi connectivity index (χ3n) is 11.0. The van der Waals surface area contributed by atoms with Crippen LogP contribution >= 0.6 is 0 Å². The van der Waals surface area contributed by atoms with E-state index in [0.29, 0.717) is 44.3 Å². The smallest absolute Gasteiger partial charge is 0.334 e. The van der Waals surface area contributed by atoms with E-state index in [-0.39, 0.29) is 105 Å². The Bertz CT molecular complexity index is 1710. The van der Waals surface area contributed by atoms with E-state index in [2.05, 4.69) is 27.8 Å². The molecule has 2 heterocycles. The van der Waals surface area contributed by atoms with Crippen LogP contribution in [0.15, 0.2) is 48.7 Å². The van der Waals surface area contributed by atoms with Crippen molar-refractivity contribution in [2.45, 2.75) is 97.8 Å². The summed E-state index contributed by atoms with van der Waals surface area (Å²) in [5.41, 5.74) is 0.604. The lowest BCUT2D eigenvalue weighted by molar-refractivity contribution is -0.154. The Morgan fingerprint density at radius 3 is 2.34 bits per heavy atom. The first-order valence-corrected chi connectivity index (χ1v) is 19.9. The summed E-state index contributed by atoms with van der Waals surface area (Å²) in [7, 11) is 0. The SMILES string of the molecule is CCOC(=O)C(C)(C)CC(c1ccccc1)n1cc(CN(CCC(=O)NCCCOC(=O)C(C)O)C(=O)CCCCCN2C(=O)[C@@H]3[C@H](C2=O)[C@H]2C=C[C@@H]3C2)nn1. The van der Waals surface area contributed by atoms with Gasteiger partial charge >= 0.3 is 11.9 Å². The van der Waals surface area contributed by atoms with E-state index in [9.17, 15) is 33.9 Å². The number of unbranched alkanes of at least 4 members (excludes halogenated alkanes) is 2. The van der Waals surface area contributed by atoms with Gasteiger partial charge in [-0.3, -0.25) is 28.9 Å². The summed E-state index contributed by atoms with van der Waals surface area (Å²) in [4.78, 5) is 79.9. The fraction of sp³-hybridized carbons (Fsp3) is 0.610. The molecule has 0 spiro atoms. The first-order chi connectivity index (χ1) is 26.8. The van der Waals surface area contributed by atoms with Crippen molar-refractivity contribution in [3.63, 3.8) is 0 Å². The van der Waals surface area contributed by atoms with E-state index in [1.54, 1.807) is 22.7 Å². The number of imide groups is 1. The molecule has 1 saturated heterocycles. The topological polar surface area (TPSA) is 190 Å². The second-order valence-electron chi connectivity index (χ2n) is 15.7. The number of likely N-dealkylation sites (tertiary alicyclic amines) is 1. The van der Waals surface area contributed by atoms with Gasteiger partial charge < -0.3 is 24.8 Å². The molecule has 6 atom stereocenters. The van der Waals surface area contributed by atoms with E-state index >= 15 is 0 Å². The number of hydrogen-bond acceptors (Lipinski definition) is 11. The second kappa shape index (κ2) is 19.3. The molecule has 5 rings (SSSR count). The van der Waals surface area contributed by atoms with E-state index in [1.807, 2.05) is 44.2 Å². The highest BCUT2D eigenvalue weighted by Gasteiger charge is 2.58. The summed E-state index contributed by atoms with van der Waals surface area (Å²) < 4.78 is 12.0. The number of carbonyl (C=O) groups excluding carboxylic acids is 6. The number of fused-ring (bicyclic) bond motifs is 5. The summed E-state index contributed by atoms with van der Waals surface area (Å²) in [5, 5.41) is 20.9. The zero-order chi connectivity index (χ0) is 40.4. The number of amides is 4. The third kappa shape index (κ3) is 10.5. The molecule has 1 aromatic carbocycles. The Morgan fingerprint density at radius 1 is 0.982 bits per heavy atom. The molecule has 2 fully saturated rings. The van der Waals surface area contributed by atoms with E-state index in [4.69, 9.17) is 9.47 Å². The molecule has 3 aliphatic rings. The first kappa shape index (κ1) is 42.2. The molecule has 2 aromatic rings. The average Bonchev–Trinajstić information content (AvgIpc) is 3.97. The van der Waals surface area contributed by atoms with Gasteiger partial charge in [-0.25, -0.2) is 9.48 Å². The molecule has 1 aromatic heterocycles. The van der Waals surface area contributed by atoms with E-state index < -0.39 is 17.5 Å². The summed E-state index contributed by atoms with van der Waals surface area (Å²) >= 11 is 0. The largest absolute Gasteiger partial charge is 0.466 e. The van der Waals surface area contributed by atoms with Crippen LogP contribution in [0.4, 0.5) is 0 Å². The lowest BCUT2D eigenvalue weighted by Gasteiger charge is -2.28. The van der Waals surface area contributed by atoms with Crippen molar-refractivity contribution in [3.05, 3.63) is 59.9 Å².